The minimum atomic E-state index is -0.458. The van der Waals surface area contributed by atoms with E-state index < -0.39 is 5.82 Å². The molecule has 0 aliphatic carbocycles. The fraction of sp³-hybridized carbons (Fsp3) is 0.333. The molecule has 0 amide bonds. The van der Waals surface area contributed by atoms with E-state index in [1.54, 1.807) is 12.1 Å². The van der Waals surface area contributed by atoms with Gasteiger partial charge in [0.25, 0.3) is 0 Å². The van der Waals surface area contributed by atoms with Crippen LogP contribution in [0.15, 0.2) is 18.2 Å². The van der Waals surface area contributed by atoms with Crippen molar-refractivity contribution in [1.29, 1.82) is 0 Å². The standard InChI is InChI=1S/C9H12ClFN2O/c1-14-5-8(13-12)6-3-2-4-7(11)9(6)10/h2-4,8,13H,5,12H2,1H3. The minimum Gasteiger partial charge on any atom is -0.383 e. The molecule has 0 heterocycles. The highest BCUT2D eigenvalue weighted by Gasteiger charge is 2.14. The Morgan fingerprint density at radius 1 is 1.64 bits per heavy atom. The van der Waals surface area contributed by atoms with E-state index in [9.17, 15) is 4.39 Å². The minimum absolute atomic E-state index is 0.0764. The zero-order valence-electron chi connectivity index (χ0n) is 7.76. The fourth-order valence-corrected chi connectivity index (χ4v) is 1.44. The molecule has 78 valence electrons. The van der Waals surface area contributed by atoms with Crippen LogP contribution in [-0.4, -0.2) is 13.7 Å². The molecule has 1 atom stereocenters. The third kappa shape index (κ3) is 2.42. The van der Waals surface area contributed by atoms with Crippen molar-refractivity contribution in [3.05, 3.63) is 34.6 Å². The van der Waals surface area contributed by atoms with Gasteiger partial charge in [0, 0.05) is 7.11 Å². The third-order valence-electron chi connectivity index (χ3n) is 1.89. The summed E-state index contributed by atoms with van der Waals surface area (Å²) in [5, 5.41) is 0.0764. The van der Waals surface area contributed by atoms with Crippen LogP contribution in [0.25, 0.3) is 0 Å². The summed E-state index contributed by atoms with van der Waals surface area (Å²) in [5.74, 6) is 4.84. The number of hydrogen-bond acceptors (Lipinski definition) is 3. The van der Waals surface area contributed by atoms with E-state index in [4.69, 9.17) is 22.2 Å². The van der Waals surface area contributed by atoms with Crippen LogP contribution in [0.2, 0.25) is 5.02 Å². The monoisotopic (exact) mass is 218 g/mol. The first-order chi connectivity index (χ1) is 6.70. The number of ether oxygens (including phenoxy) is 1. The number of halogens is 2. The van der Waals surface area contributed by atoms with Gasteiger partial charge in [-0.15, -0.1) is 0 Å². The number of benzene rings is 1. The van der Waals surface area contributed by atoms with Crippen molar-refractivity contribution in [2.75, 3.05) is 13.7 Å². The SMILES string of the molecule is COCC(NN)c1cccc(F)c1Cl. The van der Waals surface area contributed by atoms with Gasteiger partial charge in [0.15, 0.2) is 0 Å². The molecule has 1 aromatic rings. The van der Waals surface area contributed by atoms with Gasteiger partial charge in [-0.1, -0.05) is 23.7 Å². The zero-order valence-corrected chi connectivity index (χ0v) is 8.51. The van der Waals surface area contributed by atoms with Gasteiger partial charge in [-0.05, 0) is 11.6 Å². The molecule has 1 aromatic carbocycles. The molecule has 0 saturated heterocycles. The summed E-state index contributed by atoms with van der Waals surface area (Å²) in [6.45, 7) is 0.333. The molecule has 0 saturated carbocycles. The summed E-state index contributed by atoms with van der Waals surface area (Å²) in [6.07, 6.45) is 0. The highest BCUT2D eigenvalue weighted by Crippen LogP contribution is 2.25. The van der Waals surface area contributed by atoms with Crippen molar-refractivity contribution < 1.29 is 9.13 Å². The topological polar surface area (TPSA) is 47.3 Å². The molecule has 1 rings (SSSR count). The van der Waals surface area contributed by atoms with Gasteiger partial charge in [-0.3, -0.25) is 11.3 Å². The summed E-state index contributed by atoms with van der Waals surface area (Å²) in [5.41, 5.74) is 3.10. The van der Waals surface area contributed by atoms with E-state index >= 15 is 0 Å². The molecule has 0 bridgehead atoms. The highest BCUT2D eigenvalue weighted by atomic mass is 35.5. The Morgan fingerprint density at radius 3 is 2.93 bits per heavy atom. The predicted molar refractivity (Wildman–Crippen MR) is 53.4 cm³/mol. The van der Waals surface area contributed by atoms with Crippen molar-refractivity contribution in [2.24, 2.45) is 5.84 Å². The van der Waals surface area contributed by atoms with E-state index in [0.29, 0.717) is 12.2 Å². The zero-order chi connectivity index (χ0) is 10.6. The maximum absolute atomic E-state index is 13.1. The first-order valence-electron chi connectivity index (χ1n) is 4.09. The Morgan fingerprint density at radius 2 is 2.36 bits per heavy atom. The van der Waals surface area contributed by atoms with Crippen molar-refractivity contribution >= 4 is 11.6 Å². The first kappa shape index (κ1) is 11.4. The van der Waals surface area contributed by atoms with Crippen LogP contribution < -0.4 is 11.3 Å². The van der Waals surface area contributed by atoms with Crippen molar-refractivity contribution in [2.45, 2.75) is 6.04 Å². The molecule has 0 fully saturated rings. The lowest BCUT2D eigenvalue weighted by molar-refractivity contribution is 0.167. The summed E-state index contributed by atoms with van der Waals surface area (Å²) in [7, 11) is 1.54. The Bertz CT molecular complexity index is 309. The molecule has 5 heteroatoms. The quantitative estimate of drug-likeness (QED) is 0.597. The van der Waals surface area contributed by atoms with E-state index in [0.717, 1.165) is 0 Å². The lowest BCUT2D eigenvalue weighted by Gasteiger charge is -2.16. The van der Waals surface area contributed by atoms with Gasteiger partial charge in [-0.2, -0.15) is 0 Å². The van der Waals surface area contributed by atoms with Crippen molar-refractivity contribution in [3.8, 4) is 0 Å². The Balaban J connectivity index is 2.97. The van der Waals surface area contributed by atoms with E-state index in [2.05, 4.69) is 5.43 Å². The maximum atomic E-state index is 13.1. The number of nitrogens with one attached hydrogen (secondary N) is 1. The lowest BCUT2D eigenvalue weighted by Crippen LogP contribution is -2.31. The second-order valence-corrected chi connectivity index (χ2v) is 3.20. The smallest absolute Gasteiger partial charge is 0.142 e. The van der Waals surface area contributed by atoms with Crippen LogP contribution in [0, 0.1) is 5.82 Å². The number of hydrogen-bond donors (Lipinski definition) is 2. The predicted octanol–water partition coefficient (Wildman–Crippen LogP) is 1.63. The Hall–Kier alpha value is -0.680. The maximum Gasteiger partial charge on any atom is 0.142 e. The van der Waals surface area contributed by atoms with Gasteiger partial charge in [0.05, 0.1) is 17.7 Å². The summed E-state index contributed by atoms with van der Waals surface area (Å²) >= 11 is 5.78. The molecule has 0 aliphatic rings. The summed E-state index contributed by atoms with van der Waals surface area (Å²) < 4.78 is 18.0. The molecule has 14 heavy (non-hydrogen) atoms. The molecule has 0 aromatic heterocycles. The van der Waals surface area contributed by atoms with Gasteiger partial charge in [0.1, 0.15) is 5.82 Å². The molecule has 0 radical (unpaired) electrons. The highest BCUT2D eigenvalue weighted by molar-refractivity contribution is 6.31. The number of hydrazine groups is 1. The van der Waals surface area contributed by atoms with Gasteiger partial charge in [-0.25, -0.2) is 4.39 Å². The van der Waals surface area contributed by atoms with E-state index in [1.165, 1.54) is 13.2 Å². The number of nitrogens with two attached hydrogens (primary N) is 1. The van der Waals surface area contributed by atoms with E-state index in [-0.39, 0.29) is 11.1 Å². The fourth-order valence-electron chi connectivity index (χ4n) is 1.18. The van der Waals surface area contributed by atoms with Crippen molar-refractivity contribution in [1.82, 2.24) is 5.43 Å². The molecular formula is C9H12ClFN2O. The number of methoxy groups -OCH3 is 1. The Labute approximate surface area is 87.0 Å². The Kier molecular flexibility index (Phi) is 4.28. The van der Waals surface area contributed by atoms with Crippen LogP contribution >= 0.6 is 11.6 Å². The molecular weight excluding hydrogens is 207 g/mol. The summed E-state index contributed by atoms with van der Waals surface area (Å²) in [6, 6.07) is 4.28. The normalized spacial score (nSPS) is 12.9. The van der Waals surface area contributed by atoms with Crippen LogP contribution in [0.1, 0.15) is 11.6 Å². The first-order valence-corrected chi connectivity index (χ1v) is 4.47. The second-order valence-electron chi connectivity index (χ2n) is 2.82. The average Bonchev–Trinajstić information content (AvgIpc) is 2.19. The number of rotatable bonds is 4. The van der Waals surface area contributed by atoms with Gasteiger partial charge in [0.2, 0.25) is 0 Å². The molecule has 3 N–H and O–H groups in total. The molecule has 0 spiro atoms. The van der Waals surface area contributed by atoms with Crippen LogP contribution in [0.5, 0.6) is 0 Å². The van der Waals surface area contributed by atoms with Gasteiger partial charge >= 0.3 is 0 Å². The molecule has 1 unspecified atom stereocenters. The van der Waals surface area contributed by atoms with Crippen LogP contribution in [0.3, 0.4) is 0 Å². The second kappa shape index (κ2) is 5.26. The van der Waals surface area contributed by atoms with Crippen molar-refractivity contribution in [3.63, 3.8) is 0 Å². The largest absolute Gasteiger partial charge is 0.383 e. The van der Waals surface area contributed by atoms with E-state index in [1.807, 2.05) is 0 Å². The molecule has 0 aliphatic heterocycles. The van der Waals surface area contributed by atoms with Crippen LogP contribution in [0.4, 0.5) is 4.39 Å². The van der Waals surface area contributed by atoms with Gasteiger partial charge < -0.3 is 4.74 Å². The summed E-state index contributed by atoms with van der Waals surface area (Å²) in [4.78, 5) is 0. The van der Waals surface area contributed by atoms with Crippen LogP contribution in [-0.2, 0) is 4.74 Å². The average molecular weight is 219 g/mol. The third-order valence-corrected chi connectivity index (χ3v) is 2.29. The molecule has 3 nitrogen and oxygen atoms in total. The lowest BCUT2D eigenvalue weighted by atomic mass is 10.1.